The fraction of sp³-hybridized carbons (Fsp3) is 0.349. The van der Waals surface area contributed by atoms with E-state index in [-0.39, 0.29) is 25.0 Å². The third-order valence-corrected chi connectivity index (χ3v) is 7.86. The van der Waals surface area contributed by atoms with Crippen molar-refractivity contribution in [2.75, 3.05) is 5.32 Å². The maximum absolute atomic E-state index is 13.9. The van der Waals surface area contributed by atoms with E-state index in [4.69, 9.17) is 24.7 Å². The van der Waals surface area contributed by atoms with Crippen LogP contribution in [0.3, 0.4) is 0 Å². The van der Waals surface area contributed by atoms with Crippen molar-refractivity contribution >= 4 is 29.6 Å². The molecule has 1 unspecified atom stereocenters. The molecule has 0 fully saturated rings. The summed E-state index contributed by atoms with van der Waals surface area (Å²) in [7, 11) is 0. The summed E-state index contributed by atoms with van der Waals surface area (Å²) in [4.78, 5) is 52.7. The number of unbranched alkanes of at least 4 members (excludes halogenated alkanes) is 1. The highest BCUT2D eigenvalue weighted by molar-refractivity contribution is 6.02. The van der Waals surface area contributed by atoms with Gasteiger partial charge in [-0.05, 0) is 113 Å². The summed E-state index contributed by atoms with van der Waals surface area (Å²) >= 11 is 0. The lowest BCUT2D eigenvalue weighted by Gasteiger charge is -2.31. The van der Waals surface area contributed by atoms with Crippen molar-refractivity contribution in [1.29, 1.82) is 0 Å². The number of nitrogens with one attached hydrogen (secondary N) is 2. The first kappa shape index (κ1) is 41.1. The van der Waals surface area contributed by atoms with E-state index in [1.807, 2.05) is 78.9 Å². The number of hydrogen-bond acceptors (Lipinski definition) is 9. The Morgan fingerprint density at radius 3 is 1.94 bits per heavy atom. The predicted octanol–water partition coefficient (Wildman–Crippen LogP) is 8.31. The molecule has 2 amide bonds. The molecule has 11 nitrogen and oxygen atoms in total. The van der Waals surface area contributed by atoms with E-state index in [9.17, 15) is 19.2 Å². The topological polar surface area (TPSA) is 155 Å². The van der Waals surface area contributed by atoms with Gasteiger partial charge in [0.2, 0.25) is 0 Å². The molecule has 0 heterocycles. The molecule has 0 saturated heterocycles. The van der Waals surface area contributed by atoms with Crippen LogP contribution in [0.4, 0.5) is 10.5 Å². The second-order valence-corrected chi connectivity index (χ2v) is 15.0. The molecule has 0 bridgehead atoms. The lowest BCUT2D eigenvalue weighted by Crippen LogP contribution is -2.64. The van der Waals surface area contributed by atoms with Crippen molar-refractivity contribution in [3.63, 3.8) is 0 Å². The first-order valence-corrected chi connectivity index (χ1v) is 18.0. The summed E-state index contributed by atoms with van der Waals surface area (Å²) in [5.41, 5.74) is 6.66. The van der Waals surface area contributed by atoms with Crippen molar-refractivity contribution < 1.29 is 38.1 Å². The van der Waals surface area contributed by atoms with E-state index in [2.05, 4.69) is 10.6 Å². The monoisotopic (exact) mass is 737 g/mol. The highest BCUT2D eigenvalue weighted by Crippen LogP contribution is 2.32. The molecule has 4 rings (SSSR count). The highest BCUT2D eigenvalue weighted by Gasteiger charge is 2.37. The summed E-state index contributed by atoms with van der Waals surface area (Å²) in [5.74, 6) is -1.09. The number of amides is 2. The zero-order valence-corrected chi connectivity index (χ0v) is 31.9. The van der Waals surface area contributed by atoms with Crippen molar-refractivity contribution in [2.24, 2.45) is 5.73 Å². The number of nitrogens with two attached hydrogens (primary N) is 1. The van der Waals surface area contributed by atoms with Crippen LogP contribution in [-0.4, -0.2) is 40.8 Å². The number of hydrogen-bond donors (Lipinski definition) is 3. The lowest BCUT2D eigenvalue weighted by molar-refractivity contribution is -0.145. The van der Waals surface area contributed by atoms with Gasteiger partial charge in [-0.25, -0.2) is 9.59 Å². The Labute approximate surface area is 317 Å². The summed E-state index contributed by atoms with van der Waals surface area (Å²) in [6.45, 7) is 10.9. The SMILES string of the molecule is CC(C)(C)OC(=O)NC(N)(CCCCC(=O)OCc1ccccc1)C(=O)Nc1ccc(C(=O)OC(C)(C)C)c(-c2cccc(OCc3ccccc3)c2)c1. The fourth-order valence-electron chi connectivity index (χ4n) is 5.31. The summed E-state index contributed by atoms with van der Waals surface area (Å²) < 4.78 is 22.6. The molecular formula is C43H51N3O8. The minimum Gasteiger partial charge on any atom is -0.489 e. The van der Waals surface area contributed by atoms with Crippen molar-refractivity contribution in [3.8, 4) is 16.9 Å². The Morgan fingerprint density at radius 1 is 0.685 bits per heavy atom. The van der Waals surface area contributed by atoms with E-state index >= 15 is 0 Å². The van der Waals surface area contributed by atoms with Gasteiger partial charge in [0.05, 0.1) is 5.56 Å². The van der Waals surface area contributed by atoms with Crippen LogP contribution in [0.2, 0.25) is 0 Å². The zero-order valence-electron chi connectivity index (χ0n) is 31.9. The van der Waals surface area contributed by atoms with Crippen molar-refractivity contribution in [1.82, 2.24) is 5.32 Å². The maximum Gasteiger partial charge on any atom is 0.409 e. The minimum atomic E-state index is -1.93. The van der Waals surface area contributed by atoms with Gasteiger partial charge in [0, 0.05) is 12.1 Å². The first-order chi connectivity index (χ1) is 25.5. The van der Waals surface area contributed by atoms with Gasteiger partial charge in [0.15, 0.2) is 5.66 Å². The molecule has 0 saturated carbocycles. The van der Waals surface area contributed by atoms with Crippen LogP contribution in [0, 0.1) is 0 Å². The van der Waals surface area contributed by atoms with Gasteiger partial charge >= 0.3 is 18.0 Å². The van der Waals surface area contributed by atoms with Gasteiger partial charge < -0.3 is 30.0 Å². The molecule has 11 heteroatoms. The second kappa shape index (κ2) is 18.4. The normalized spacial score (nSPS) is 12.5. The van der Waals surface area contributed by atoms with Crippen molar-refractivity contribution in [2.45, 2.75) is 97.3 Å². The highest BCUT2D eigenvalue weighted by atomic mass is 16.6. The van der Waals surface area contributed by atoms with Gasteiger partial charge in [-0.3, -0.25) is 14.9 Å². The third-order valence-electron chi connectivity index (χ3n) is 7.86. The Morgan fingerprint density at radius 2 is 1.31 bits per heavy atom. The second-order valence-electron chi connectivity index (χ2n) is 15.0. The van der Waals surface area contributed by atoms with E-state index in [1.165, 1.54) is 0 Å². The Balaban J connectivity index is 1.55. The quantitative estimate of drug-likeness (QED) is 0.0473. The van der Waals surface area contributed by atoms with E-state index < -0.39 is 40.8 Å². The Hall–Kier alpha value is -5.68. The number of esters is 2. The van der Waals surface area contributed by atoms with E-state index in [0.29, 0.717) is 42.0 Å². The number of rotatable bonds is 15. The molecule has 0 aliphatic rings. The zero-order chi connectivity index (χ0) is 39.4. The van der Waals surface area contributed by atoms with Crippen LogP contribution >= 0.6 is 0 Å². The largest absolute Gasteiger partial charge is 0.489 e. The van der Waals surface area contributed by atoms with Crippen LogP contribution in [-0.2, 0) is 37.0 Å². The third kappa shape index (κ3) is 13.4. The van der Waals surface area contributed by atoms with E-state index in [1.54, 1.807) is 65.8 Å². The maximum atomic E-state index is 13.9. The van der Waals surface area contributed by atoms with Gasteiger partial charge in [0.1, 0.15) is 30.2 Å². The van der Waals surface area contributed by atoms with Crippen LogP contribution in [0.15, 0.2) is 103 Å². The number of alkyl carbamates (subject to hydrolysis) is 1. The standard InChI is InChI=1S/C43H51N3O8/c1-41(2,3)53-38(48)35-24-23-33(27-36(35)32-20-15-21-34(26-32)51-28-30-16-9-7-10-17-30)45-39(49)43(44,46-40(50)54-42(4,5)6)25-14-13-22-37(47)52-29-31-18-11-8-12-19-31/h7-12,15-21,23-24,26-27H,13-14,22,25,28-29,44H2,1-6H3,(H,45,49)(H,46,50). The molecule has 0 spiro atoms. The lowest BCUT2D eigenvalue weighted by atomic mass is 9.97. The molecule has 0 aromatic heterocycles. The van der Waals surface area contributed by atoms with Crippen LogP contribution in [0.1, 0.15) is 88.7 Å². The molecule has 4 aromatic carbocycles. The van der Waals surface area contributed by atoms with Crippen LogP contribution < -0.4 is 21.1 Å². The van der Waals surface area contributed by atoms with Crippen molar-refractivity contribution in [3.05, 3.63) is 120 Å². The number of carbonyl (C=O) groups is 4. The molecule has 4 aromatic rings. The van der Waals surface area contributed by atoms with Crippen LogP contribution in [0.5, 0.6) is 5.75 Å². The summed E-state index contributed by atoms with van der Waals surface area (Å²) in [6.07, 6.45) is -0.143. The number of benzene rings is 4. The number of anilines is 1. The molecule has 1 atom stereocenters. The molecule has 0 aliphatic heterocycles. The fourth-order valence-corrected chi connectivity index (χ4v) is 5.31. The predicted molar refractivity (Wildman–Crippen MR) is 207 cm³/mol. The smallest absolute Gasteiger partial charge is 0.409 e. The molecule has 0 radical (unpaired) electrons. The van der Waals surface area contributed by atoms with Crippen LogP contribution in [0.25, 0.3) is 11.1 Å². The molecule has 4 N–H and O–H groups in total. The van der Waals surface area contributed by atoms with E-state index in [0.717, 1.165) is 11.1 Å². The molecule has 286 valence electrons. The van der Waals surface area contributed by atoms with Gasteiger partial charge in [-0.1, -0.05) is 72.8 Å². The van der Waals surface area contributed by atoms with Gasteiger partial charge in [0.25, 0.3) is 5.91 Å². The Bertz CT molecular complexity index is 1880. The minimum absolute atomic E-state index is 0.0201. The molecular weight excluding hydrogens is 686 g/mol. The molecule has 0 aliphatic carbocycles. The average molecular weight is 738 g/mol. The molecule has 54 heavy (non-hydrogen) atoms. The number of carbonyl (C=O) groups excluding carboxylic acids is 4. The van der Waals surface area contributed by atoms with Gasteiger partial charge in [-0.15, -0.1) is 0 Å². The average Bonchev–Trinajstić information content (AvgIpc) is 3.11. The summed E-state index contributed by atoms with van der Waals surface area (Å²) in [6, 6.07) is 31.1. The first-order valence-electron chi connectivity index (χ1n) is 18.0. The summed E-state index contributed by atoms with van der Waals surface area (Å²) in [5, 5.41) is 5.35. The Kier molecular flexibility index (Phi) is 14.0. The van der Waals surface area contributed by atoms with Gasteiger partial charge in [-0.2, -0.15) is 0 Å². The number of ether oxygens (including phenoxy) is 4.